The SMILES string of the molecule is CCCSP(=S)(NC(C)=S)NS(C)(=O)=O. The molecular weight excluding hydrogens is 291 g/mol. The van der Waals surface area contributed by atoms with Gasteiger partial charge >= 0.3 is 0 Å². The summed E-state index contributed by atoms with van der Waals surface area (Å²) in [5, 5.41) is 2.88. The van der Waals surface area contributed by atoms with Crippen LogP contribution in [-0.4, -0.2) is 25.4 Å². The molecule has 0 heterocycles. The molecule has 0 aromatic heterocycles. The Morgan fingerprint density at radius 1 is 1.53 bits per heavy atom. The summed E-state index contributed by atoms with van der Waals surface area (Å²) >= 11 is 11.6. The van der Waals surface area contributed by atoms with Gasteiger partial charge in [-0.25, -0.2) is 8.42 Å². The number of sulfonamides is 1. The van der Waals surface area contributed by atoms with Crippen molar-refractivity contribution in [1.29, 1.82) is 0 Å². The summed E-state index contributed by atoms with van der Waals surface area (Å²) in [6.45, 7) is 3.70. The number of hydrogen-bond donors (Lipinski definition) is 2. The van der Waals surface area contributed by atoms with Gasteiger partial charge in [0, 0.05) is 5.75 Å². The van der Waals surface area contributed by atoms with Gasteiger partial charge in [-0.1, -0.05) is 30.5 Å². The van der Waals surface area contributed by atoms with Gasteiger partial charge in [0.25, 0.3) is 0 Å². The second-order valence-corrected chi connectivity index (χ2v) is 12.6. The molecule has 0 bridgehead atoms. The summed E-state index contributed by atoms with van der Waals surface area (Å²) in [7, 11) is -3.31. The van der Waals surface area contributed by atoms with Gasteiger partial charge in [0.05, 0.1) is 11.2 Å². The standard InChI is InChI=1S/C6H15N2O2PS4/c1-4-5-14-11(13,7-6(2)12)8-15(3,9)10/h4-5H2,1-3H3,(H2,7,8,12,13). The van der Waals surface area contributed by atoms with Crippen molar-refractivity contribution < 1.29 is 8.42 Å². The minimum absolute atomic E-state index is 0.512. The summed E-state index contributed by atoms with van der Waals surface area (Å²) in [5.74, 6) is 0.801. The molecule has 0 aliphatic heterocycles. The van der Waals surface area contributed by atoms with Crippen molar-refractivity contribution in [2.24, 2.45) is 0 Å². The Labute approximate surface area is 106 Å². The van der Waals surface area contributed by atoms with E-state index in [1.165, 1.54) is 11.4 Å². The third-order valence-electron chi connectivity index (χ3n) is 1.07. The average Bonchev–Trinajstić information content (AvgIpc) is 1.95. The van der Waals surface area contributed by atoms with Crippen molar-refractivity contribution in [3.05, 3.63) is 0 Å². The fourth-order valence-electron chi connectivity index (χ4n) is 0.727. The molecule has 0 aliphatic rings. The molecule has 0 rings (SSSR count). The van der Waals surface area contributed by atoms with Crippen LogP contribution in [0.25, 0.3) is 0 Å². The Morgan fingerprint density at radius 3 is 2.40 bits per heavy atom. The van der Waals surface area contributed by atoms with Crippen molar-refractivity contribution in [3.8, 4) is 0 Å². The number of rotatable bonds is 6. The molecule has 9 heteroatoms. The van der Waals surface area contributed by atoms with Crippen LogP contribution in [-0.2, 0) is 21.8 Å². The number of thiocarbonyl (C=S) groups is 1. The van der Waals surface area contributed by atoms with Gasteiger partial charge in [0.2, 0.25) is 10.0 Å². The lowest BCUT2D eigenvalue weighted by molar-refractivity contribution is 0.600. The normalized spacial score (nSPS) is 15.7. The van der Waals surface area contributed by atoms with E-state index in [4.69, 9.17) is 24.0 Å². The molecule has 0 aromatic rings. The van der Waals surface area contributed by atoms with Crippen LogP contribution in [0.3, 0.4) is 0 Å². The first-order chi connectivity index (χ1) is 6.68. The first-order valence-electron chi connectivity index (χ1n) is 4.21. The topological polar surface area (TPSA) is 58.2 Å². The molecule has 0 saturated carbocycles. The van der Waals surface area contributed by atoms with Crippen LogP contribution < -0.4 is 9.58 Å². The fraction of sp³-hybridized carbons (Fsp3) is 0.833. The Balaban J connectivity index is 4.70. The molecule has 0 amide bonds. The van der Waals surface area contributed by atoms with Gasteiger partial charge in [-0.15, -0.1) is 0 Å². The first-order valence-corrected chi connectivity index (χ1v) is 10.9. The third kappa shape index (κ3) is 8.59. The van der Waals surface area contributed by atoms with Crippen molar-refractivity contribution in [3.63, 3.8) is 0 Å². The van der Waals surface area contributed by atoms with Gasteiger partial charge in [0.15, 0.2) is 5.54 Å². The summed E-state index contributed by atoms with van der Waals surface area (Å²) < 4.78 is 24.8. The first kappa shape index (κ1) is 15.8. The maximum atomic E-state index is 11.1. The quantitative estimate of drug-likeness (QED) is 0.577. The molecule has 4 nitrogen and oxygen atoms in total. The molecule has 0 aromatic carbocycles. The van der Waals surface area contributed by atoms with E-state index in [-0.39, 0.29) is 0 Å². The largest absolute Gasteiger partial charge is 0.333 e. The van der Waals surface area contributed by atoms with E-state index in [9.17, 15) is 8.42 Å². The second-order valence-electron chi connectivity index (χ2n) is 2.92. The van der Waals surface area contributed by atoms with E-state index in [1.807, 2.05) is 6.92 Å². The maximum Gasteiger partial charge on any atom is 0.214 e. The lowest BCUT2D eigenvalue weighted by Crippen LogP contribution is -2.27. The summed E-state index contributed by atoms with van der Waals surface area (Å²) in [6, 6.07) is 0. The van der Waals surface area contributed by atoms with Crippen LogP contribution in [0.5, 0.6) is 0 Å². The lowest BCUT2D eigenvalue weighted by atomic mass is 10.6. The Kier molecular flexibility index (Phi) is 6.86. The van der Waals surface area contributed by atoms with E-state index in [2.05, 4.69) is 9.58 Å². The predicted octanol–water partition coefficient (Wildman–Crippen LogP) is 1.84. The molecule has 0 fully saturated rings. The predicted molar refractivity (Wildman–Crippen MR) is 76.4 cm³/mol. The van der Waals surface area contributed by atoms with E-state index in [0.29, 0.717) is 4.99 Å². The lowest BCUT2D eigenvalue weighted by Gasteiger charge is -2.22. The molecule has 0 aliphatic carbocycles. The monoisotopic (exact) mass is 306 g/mol. The van der Waals surface area contributed by atoms with Crippen LogP contribution in [0.15, 0.2) is 0 Å². The van der Waals surface area contributed by atoms with Gasteiger partial charge in [-0.2, -0.15) is 4.49 Å². The van der Waals surface area contributed by atoms with Crippen molar-refractivity contribution in [2.45, 2.75) is 20.3 Å². The zero-order valence-electron chi connectivity index (χ0n) is 8.81. The van der Waals surface area contributed by atoms with Crippen molar-refractivity contribution in [2.75, 3.05) is 12.0 Å². The van der Waals surface area contributed by atoms with Crippen LogP contribution in [0.2, 0.25) is 0 Å². The molecule has 0 spiro atoms. The van der Waals surface area contributed by atoms with Crippen molar-refractivity contribution >= 4 is 56.0 Å². The minimum Gasteiger partial charge on any atom is -0.333 e. The van der Waals surface area contributed by atoms with Crippen molar-refractivity contribution in [1.82, 2.24) is 9.58 Å². The highest BCUT2D eigenvalue weighted by atomic mass is 32.9. The van der Waals surface area contributed by atoms with E-state index in [0.717, 1.165) is 18.4 Å². The third-order valence-corrected chi connectivity index (χ3v) is 9.67. The van der Waals surface area contributed by atoms with Gasteiger partial charge in [-0.3, -0.25) is 0 Å². The van der Waals surface area contributed by atoms with Crippen LogP contribution >= 0.6 is 29.1 Å². The van der Waals surface area contributed by atoms with Crippen LogP contribution in [0.4, 0.5) is 0 Å². The zero-order valence-corrected chi connectivity index (χ0v) is 13.0. The van der Waals surface area contributed by atoms with E-state index < -0.39 is 15.6 Å². The number of hydrogen-bond acceptors (Lipinski definition) is 5. The molecule has 0 saturated heterocycles. The molecule has 90 valence electrons. The van der Waals surface area contributed by atoms with E-state index in [1.54, 1.807) is 6.92 Å². The second kappa shape index (κ2) is 6.51. The highest BCUT2D eigenvalue weighted by Crippen LogP contribution is 2.52. The molecule has 15 heavy (non-hydrogen) atoms. The molecular formula is C6H15N2O2PS4. The minimum atomic E-state index is -3.31. The molecule has 2 N–H and O–H groups in total. The van der Waals surface area contributed by atoms with Gasteiger partial charge in [-0.05, 0) is 25.2 Å². The van der Waals surface area contributed by atoms with Gasteiger partial charge in [0.1, 0.15) is 0 Å². The molecule has 1 unspecified atom stereocenters. The Bertz CT molecular complexity index is 367. The molecule has 0 radical (unpaired) electrons. The van der Waals surface area contributed by atoms with E-state index >= 15 is 0 Å². The fourth-order valence-corrected chi connectivity index (χ4v) is 10.5. The smallest absolute Gasteiger partial charge is 0.214 e. The Morgan fingerprint density at radius 2 is 2.07 bits per heavy atom. The average molecular weight is 306 g/mol. The van der Waals surface area contributed by atoms with Crippen LogP contribution in [0, 0.1) is 0 Å². The number of nitrogens with one attached hydrogen (secondary N) is 2. The summed E-state index contributed by atoms with van der Waals surface area (Å²) in [6.07, 6.45) is 2.04. The Hall–Kier alpha value is 0.800. The summed E-state index contributed by atoms with van der Waals surface area (Å²) in [4.78, 5) is 0.512. The molecule has 1 atom stereocenters. The van der Waals surface area contributed by atoms with Gasteiger partial charge < -0.3 is 5.09 Å². The highest BCUT2D eigenvalue weighted by molar-refractivity contribution is 8.70. The summed E-state index contributed by atoms with van der Waals surface area (Å²) in [5.41, 5.74) is -2.39. The maximum absolute atomic E-state index is 11.1. The zero-order chi connectivity index (χ0) is 12.1. The highest BCUT2D eigenvalue weighted by Gasteiger charge is 2.21. The van der Waals surface area contributed by atoms with Crippen LogP contribution in [0.1, 0.15) is 20.3 Å².